The number of ether oxygens (including phenoxy) is 2. The number of carbonyl (C=O) groups is 3. The number of hydrogen-bond acceptors (Lipinski definition) is 9. The number of rotatable bonds is 9. The van der Waals surface area contributed by atoms with E-state index in [0.717, 1.165) is 0 Å². The quantitative estimate of drug-likeness (QED) is 0.341. The van der Waals surface area contributed by atoms with Crippen molar-refractivity contribution in [3.63, 3.8) is 0 Å². The van der Waals surface area contributed by atoms with Crippen LogP contribution in [0.5, 0.6) is 5.75 Å². The van der Waals surface area contributed by atoms with Gasteiger partial charge in [-0.3, -0.25) is 9.59 Å². The van der Waals surface area contributed by atoms with Gasteiger partial charge in [-0.05, 0) is 31.2 Å². The van der Waals surface area contributed by atoms with E-state index in [9.17, 15) is 14.4 Å². The highest BCUT2D eigenvalue weighted by molar-refractivity contribution is 6.02. The molecule has 0 saturated carbocycles. The van der Waals surface area contributed by atoms with E-state index < -0.39 is 5.97 Å². The molecule has 0 spiro atoms. The molecule has 3 rings (SSSR count). The molecule has 4 N–H and O–H groups in total. The predicted molar refractivity (Wildman–Crippen MR) is 131 cm³/mol. The zero-order chi connectivity index (χ0) is 25.4. The number of nitrogens with one attached hydrogen (secondary N) is 4. The van der Waals surface area contributed by atoms with Crippen LogP contribution in [0.4, 0.5) is 23.0 Å². The number of benzene rings is 1. The standard InChI is InChI=1S/C24H26N6O5/c1-5-35-24(33)14-9-10-19(27-12-14)30-20-11-18(16(13-28-20)23(32)26-3)29-17-8-6-7-15(21(17)34-4)22(31)25-2/h6-13H,5H2,1-4H3,(H,25,31)(H,26,32)(H2,27,28,29,30). The molecule has 2 aromatic heterocycles. The smallest absolute Gasteiger partial charge is 0.339 e. The molecule has 0 saturated heterocycles. The van der Waals surface area contributed by atoms with E-state index in [1.54, 1.807) is 43.3 Å². The van der Waals surface area contributed by atoms with Crippen LogP contribution in [0.25, 0.3) is 0 Å². The van der Waals surface area contributed by atoms with Crippen LogP contribution in [-0.4, -0.2) is 55.6 Å². The molecule has 0 radical (unpaired) electrons. The molecule has 11 nitrogen and oxygen atoms in total. The summed E-state index contributed by atoms with van der Waals surface area (Å²) in [6.45, 7) is 2.00. The number of para-hydroxylation sites is 1. The van der Waals surface area contributed by atoms with E-state index in [2.05, 4.69) is 31.2 Å². The zero-order valence-corrected chi connectivity index (χ0v) is 19.8. The molecule has 1 aromatic carbocycles. The molecule has 182 valence electrons. The van der Waals surface area contributed by atoms with E-state index in [1.165, 1.54) is 33.6 Å². The number of nitrogens with zero attached hydrogens (tertiary/aromatic N) is 2. The topological polar surface area (TPSA) is 144 Å². The van der Waals surface area contributed by atoms with Gasteiger partial charge in [0, 0.05) is 32.6 Å². The Morgan fingerprint density at radius 2 is 1.57 bits per heavy atom. The number of aromatic nitrogens is 2. The molecule has 11 heteroatoms. The Bertz CT molecular complexity index is 1230. The maximum atomic E-state index is 12.5. The molecule has 0 aliphatic carbocycles. The van der Waals surface area contributed by atoms with Crippen molar-refractivity contribution in [2.24, 2.45) is 0 Å². The summed E-state index contributed by atoms with van der Waals surface area (Å²) in [4.78, 5) is 45.0. The van der Waals surface area contributed by atoms with Crippen LogP contribution in [0, 0.1) is 0 Å². The molecule has 3 aromatic rings. The Balaban J connectivity index is 1.94. The maximum Gasteiger partial charge on any atom is 0.339 e. The third kappa shape index (κ3) is 5.82. The van der Waals surface area contributed by atoms with Gasteiger partial charge in [-0.1, -0.05) is 6.07 Å². The van der Waals surface area contributed by atoms with E-state index >= 15 is 0 Å². The van der Waals surface area contributed by atoms with Gasteiger partial charge < -0.3 is 30.7 Å². The number of hydrogen-bond donors (Lipinski definition) is 4. The van der Waals surface area contributed by atoms with Crippen LogP contribution < -0.4 is 26.0 Å². The van der Waals surface area contributed by atoms with Crippen LogP contribution in [-0.2, 0) is 4.74 Å². The molecule has 0 unspecified atom stereocenters. The number of amides is 2. The van der Waals surface area contributed by atoms with Gasteiger partial charge in [-0.25, -0.2) is 14.8 Å². The molecule has 2 amide bonds. The van der Waals surface area contributed by atoms with Crippen molar-refractivity contribution >= 4 is 40.8 Å². The fourth-order valence-electron chi connectivity index (χ4n) is 3.19. The van der Waals surface area contributed by atoms with E-state index in [0.29, 0.717) is 39.9 Å². The Hall–Kier alpha value is -4.67. The second kappa shape index (κ2) is 11.5. The largest absolute Gasteiger partial charge is 0.494 e. The Morgan fingerprint density at radius 3 is 2.20 bits per heavy atom. The van der Waals surface area contributed by atoms with Crippen molar-refractivity contribution in [3.05, 3.63) is 65.5 Å². The summed E-state index contributed by atoms with van der Waals surface area (Å²) >= 11 is 0. The summed E-state index contributed by atoms with van der Waals surface area (Å²) in [5, 5.41) is 11.4. The van der Waals surface area contributed by atoms with Gasteiger partial charge in [0.2, 0.25) is 0 Å². The molecule has 0 fully saturated rings. The van der Waals surface area contributed by atoms with Crippen molar-refractivity contribution in [2.45, 2.75) is 6.92 Å². The molecule has 0 bridgehead atoms. The lowest BCUT2D eigenvalue weighted by molar-refractivity contribution is 0.0525. The minimum absolute atomic E-state index is 0.271. The molecule has 35 heavy (non-hydrogen) atoms. The van der Waals surface area contributed by atoms with Crippen LogP contribution >= 0.6 is 0 Å². The number of pyridine rings is 2. The van der Waals surface area contributed by atoms with E-state index in [4.69, 9.17) is 9.47 Å². The minimum Gasteiger partial charge on any atom is -0.494 e. The second-order valence-electron chi connectivity index (χ2n) is 7.06. The summed E-state index contributed by atoms with van der Waals surface area (Å²) in [6.07, 6.45) is 2.80. The predicted octanol–water partition coefficient (Wildman–Crippen LogP) is 2.87. The van der Waals surface area contributed by atoms with Gasteiger partial charge in [0.15, 0.2) is 5.75 Å². The van der Waals surface area contributed by atoms with Crippen molar-refractivity contribution < 1.29 is 23.9 Å². The van der Waals surface area contributed by atoms with Gasteiger partial charge in [0.1, 0.15) is 11.6 Å². The number of carbonyl (C=O) groups excluding carboxylic acids is 3. The van der Waals surface area contributed by atoms with Crippen molar-refractivity contribution in [2.75, 3.05) is 38.4 Å². The first-order chi connectivity index (χ1) is 16.9. The normalized spacial score (nSPS) is 10.2. The van der Waals surface area contributed by atoms with Crippen molar-refractivity contribution in [3.8, 4) is 5.75 Å². The third-order valence-electron chi connectivity index (χ3n) is 4.87. The lowest BCUT2D eigenvalue weighted by Crippen LogP contribution is -2.20. The highest BCUT2D eigenvalue weighted by Crippen LogP contribution is 2.33. The first-order valence-electron chi connectivity index (χ1n) is 10.7. The molecule has 0 aliphatic rings. The van der Waals surface area contributed by atoms with Gasteiger partial charge in [0.25, 0.3) is 11.8 Å². The molecular formula is C24H26N6O5. The second-order valence-corrected chi connectivity index (χ2v) is 7.06. The van der Waals surface area contributed by atoms with Crippen LogP contribution in [0.15, 0.2) is 48.8 Å². The SMILES string of the molecule is CCOC(=O)c1ccc(Nc2cc(Nc3cccc(C(=O)NC)c3OC)c(C(=O)NC)cn2)nc1. The lowest BCUT2D eigenvalue weighted by atomic mass is 10.1. The van der Waals surface area contributed by atoms with Gasteiger partial charge in [-0.15, -0.1) is 0 Å². The number of esters is 1. The maximum absolute atomic E-state index is 12.5. The molecule has 0 atom stereocenters. The third-order valence-corrected chi connectivity index (χ3v) is 4.87. The Kier molecular flexibility index (Phi) is 8.17. The summed E-state index contributed by atoms with van der Waals surface area (Å²) in [6, 6.07) is 9.88. The van der Waals surface area contributed by atoms with Gasteiger partial charge >= 0.3 is 5.97 Å². The number of anilines is 4. The first kappa shape index (κ1) is 25.0. The Labute approximate surface area is 202 Å². The van der Waals surface area contributed by atoms with Gasteiger partial charge in [-0.2, -0.15) is 0 Å². The van der Waals surface area contributed by atoms with Crippen molar-refractivity contribution in [1.82, 2.24) is 20.6 Å². The molecular weight excluding hydrogens is 452 g/mol. The Morgan fingerprint density at radius 1 is 0.857 bits per heavy atom. The minimum atomic E-state index is -0.459. The summed E-state index contributed by atoms with van der Waals surface area (Å²) in [5.74, 6) is 0.00829. The number of methoxy groups -OCH3 is 1. The first-order valence-corrected chi connectivity index (χ1v) is 10.7. The molecule has 2 heterocycles. The summed E-state index contributed by atoms with van der Waals surface area (Å²) in [5.41, 5.74) is 1.83. The fraction of sp³-hybridized carbons (Fsp3) is 0.208. The highest BCUT2D eigenvalue weighted by Gasteiger charge is 2.18. The van der Waals surface area contributed by atoms with E-state index in [1.807, 2.05) is 0 Å². The van der Waals surface area contributed by atoms with E-state index in [-0.39, 0.29) is 24.0 Å². The van der Waals surface area contributed by atoms with Crippen molar-refractivity contribution in [1.29, 1.82) is 0 Å². The molecule has 0 aliphatic heterocycles. The van der Waals surface area contributed by atoms with Crippen LogP contribution in [0.1, 0.15) is 38.0 Å². The van der Waals surface area contributed by atoms with Crippen LogP contribution in [0.2, 0.25) is 0 Å². The van der Waals surface area contributed by atoms with Gasteiger partial charge in [0.05, 0.1) is 41.8 Å². The highest BCUT2D eigenvalue weighted by atomic mass is 16.5. The fourth-order valence-corrected chi connectivity index (χ4v) is 3.19. The summed E-state index contributed by atoms with van der Waals surface area (Å²) < 4.78 is 10.4. The average Bonchev–Trinajstić information content (AvgIpc) is 2.88. The monoisotopic (exact) mass is 478 g/mol. The summed E-state index contributed by atoms with van der Waals surface area (Å²) in [7, 11) is 4.50. The van der Waals surface area contributed by atoms with Crippen LogP contribution in [0.3, 0.4) is 0 Å². The average molecular weight is 479 g/mol. The zero-order valence-electron chi connectivity index (χ0n) is 19.8. The lowest BCUT2D eigenvalue weighted by Gasteiger charge is -2.17.